The average molecular weight is 314 g/mol. The van der Waals surface area contributed by atoms with Gasteiger partial charge < -0.3 is 10.4 Å². The number of benzene rings is 1. The fraction of sp³-hybridized carbons (Fsp3) is 0.500. The molecule has 0 aromatic heterocycles. The zero-order chi connectivity index (χ0) is 13.6. The number of alkyl halides is 1. The Balaban J connectivity index is 2.63. The van der Waals surface area contributed by atoms with Crippen molar-refractivity contribution in [2.24, 2.45) is 5.41 Å². The van der Waals surface area contributed by atoms with Crippen LogP contribution in [0.4, 0.5) is 0 Å². The van der Waals surface area contributed by atoms with Gasteiger partial charge in [0.05, 0.1) is 0 Å². The van der Waals surface area contributed by atoms with Crippen molar-refractivity contribution in [3.05, 3.63) is 29.8 Å². The predicted octanol–water partition coefficient (Wildman–Crippen LogP) is 3.32. The van der Waals surface area contributed by atoms with Crippen LogP contribution in [0.2, 0.25) is 0 Å². The highest BCUT2D eigenvalue weighted by molar-refractivity contribution is 9.09. The van der Waals surface area contributed by atoms with Gasteiger partial charge in [0, 0.05) is 17.4 Å². The van der Waals surface area contributed by atoms with Crippen LogP contribution in [0.1, 0.15) is 37.0 Å². The van der Waals surface area contributed by atoms with Gasteiger partial charge in [0.2, 0.25) is 0 Å². The first-order valence-electron chi connectivity index (χ1n) is 6.20. The summed E-state index contributed by atoms with van der Waals surface area (Å²) in [6, 6.07) is 6.29. The first-order valence-corrected chi connectivity index (χ1v) is 7.32. The lowest BCUT2D eigenvalue weighted by Gasteiger charge is -2.29. The number of carbonyl (C=O) groups excluding carboxylic acids is 1. The lowest BCUT2D eigenvalue weighted by atomic mass is 9.84. The maximum absolute atomic E-state index is 11.9. The Morgan fingerprint density at radius 1 is 1.28 bits per heavy atom. The molecule has 1 aromatic carbocycles. The van der Waals surface area contributed by atoms with Crippen molar-refractivity contribution >= 4 is 21.8 Å². The molecule has 0 fully saturated rings. The van der Waals surface area contributed by atoms with Gasteiger partial charge >= 0.3 is 0 Å². The SMILES string of the molecule is CCC(CC)(CBr)CNC(=O)c1ccc(O)cc1. The van der Waals surface area contributed by atoms with E-state index in [1.54, 1.807) is 12.1 Å². The summed E-state index contributed by atoms with van der Waals surface area (Å²) in [5.41, 5.74) is 0.690. The molecule has 0 radical (unpaired) electrons. The Morgan fingerprint density at radius 2 is 1.83 bits per heavy atom. The van der Waals surface area contributed by atoms with Gasteiger partial charge in [0.1, 0.15) is 5.75 Å². The quantitative estimate of drug-likeness (QED) is 0.791. The minimum atomic E-state index is -0.0952. The highest BCUT2D eigenvalue weighted by Gasteiger charge is 2.25. The highest BCUT2D eigenvalue weighted by Crippen LogP contribution is 2.27. The zero-order valence-electron chi connectivity index (χ0n) is 10.9. The summed E-state index contributed by atoms with van der Waals surface area (Å²) in [7, 11) is 0. The number of carbonyl (C=O) groups is 1. The Labute approximate surface area is 117 Å². The Kier molecular flexibility index (Phi) is 5.66. The molecule has 1 rings (SSSR count). The number of phenols is 1. The second-order valence-corrected chi connectivity index (χ2v) is 5.13. The molecule has 0 spiro atoms. The van der Waals surface area contributed by atoms with Crippen LogP contribution < -0.4 is 5.32 Å². The third-order valence-electron chi connectivity index (χ3n) is 3.54. The number of rotatable bonds is 6. The Morgan fingerprint density at radius 3 is 2.28 bits per heavy atom. The molecule has 100 valence electrons. The summed E-state index contributed by atoms with van der Waals surface area (Å²) >= 11 is 3.52. The van der Waals surface area contributed by atoms with E-state index in [4.69, 9.17) is 0 Å². The van der Waals surface area contributed by atoms with Crippen molar-refractivity contribution in [2.45, 2.75) is 26.7 Å². The van der Waals surface area contributed by atoms with E-state index < -0.39 is 0 Å². The second-order valence-electron chi connectivity index (χ2n) is 4.57. The zero-order valence-corrected chi connectivity index (χ0v) is 12.5. The van der Waals surface area contributed by atoms with Crippen molar-refractivity contribution < 1.29 is 9.90 Å². The lowest BCUT2D eigenvalue weighted by molar-refractivity contribution is 0.0932. The lowest BCUT2D eigenvalue weighted by Crippen LogP contribution is -2.38. The van der Waals surface area contributed by atoms with Crippen LogP contribution in [-0.4, -0.2) is 22.9 Å². The van der Waals surface area contributed by atoms with Gasteiger partial charge in [-0.25, -0.2) is 0 Å². The second kappa shape index (κ2) is 6.78. The summed E-state index contributed by atoms with van der Waals surface area (Å²) in [5.74, 6) is 0.0747. The largest absolute Gasteiger partial charge is 0.508 e. The van der Waals surface area contributed by atoms with E-state index in [2.05, 4.69) is 35.1 Å². The van der Waals surface area contributed by atoms with Gasteiger partial charge in [-0.1, -0.05) is 29.8 Å². The van der Waals surface area contributed by atoms with Crippen LogP contribution in [0.25, 0.3) is 0 Å². The van der Waals surface area contributed by atoms with Crippen LogP contribution in [0.5, 0.6) is 5.75 Å². The highest BCUT2D eigenvalue weighted by atomic mass is 79.9. The van der Waals surface area contributed by atoms with Gasteiger partial charge in [-0.3, -0.25) is 4.79 Å². The van der Waals surface area contributed by atoms with Crippen LogP contribution in [-0.2, 0) is 0 Å². The molecule has 0 bridgehead atoms. The molecule has 0 unspecified atom stereocenters. The van der Waals surface area contributed by atoms with E-state index in [9.17, 15) is 9.90 Å². The molecule has 18 heavy (non-hydrogen) atoms. The van der Waals surface area contributed by atoms with Crippen LogP contribution in [0.15, 0.2) is 24.3 Å². The number of amides is 1. The molecular weight excluding hydrogens is 294 g/mol. The molecule has 0 atom stereocenters. The van der Waals surface area contributed by atoms with Gasteiger partial charge in [0.25, 0.3) is 5.91 Å². The molecule has 0 aliphatic rings. The summed E-state index contributed by atoms with van der Waals surface area (Å²) in [6.07, 6.45) is 2.04. The van der Waals surface area contributed by atoms with E-state index in [1.165, 1.54) is 12.1 Å². The minimum Gasteiger partial charge on any atom is -0.508 e. The van der Waals surface area contributed by atoms with E-state index >= 15 is 0 Å². The summed E-state index contributed by atoms with van der Waals surface area (Å²) in [4.78, 5) is 11.9. The molecule has 1 amide bonds. The van der Waals surface area contributed by atoms with Gasteiger partial charge in [0.15, 0.2) is 0 Å². The number of hydrogen-bond acceptors (Lipinski definition) is 2. The smallest absolute Gasteiger partial charge is 0.251 e. The molecule has 0 saturated carbocycles. The van der Waals surface area contributed by atoms with Crippen molar-refractivity contribution in [3.8, 4) is 5.75 Å². The number of aromatic hydroxyl groups is 1. The normalized spacial score (nSPS) is 11.3. The Hall–Kier alpha value is -1.03. The number of nitrogens with one attached hydrogen (secondary N) is 1. The molecule has 3 nitrogen and oxygen atoms in total. The fourth-order valence-corrected chi connectivity index (χ4v) is 2.71. The standard InChI is InChI=1S/C14H20BrNO2/c1-3-14(4-2,9-15)10-16-13(18)11-5-7-12(17)8-6-11/h5-8,17H,3-4,9-10H2,1-2H3,(H,16,18). The average Bonchev–Trinajstić information content (AvgIpc) is 2.41. The minimum absolute atomic E-state index is 0.0952. The number of phenolic OH excluding ortho intramolecular Hbond substituents is 1. The molecule has 1 aromatic rings. The van der Waals surface area contributed by atoms with Crippen LogP contribution in [0.3, 0.4) is 0 Å². The van der Waals surface area contributed by atoms with Crippen molar-refractivity contribution in [2.75, 3.05) is 11.9 Å². The molecule has 2 N–H and O–H groups in total. The molecule has 0 heterocycles. The van der Waals surface area contributed by atoms with Crippen molar-refractivity contribution in [1.82, 2.24) is 5.32 Å². The molecular formula is C14H20BrNO2. The number of hydrogen-bond donors (Lipinski definition) is 2. The summed E-state index contributed by atoms with van der Waals surface area (Å²) < 4.78 is 0. The third kappa shape index (κ3) is 3.73. The van der Waals surface area contributed by atoms with Gasteiger partial charge in [-0.15, -0.1) is 0 Å². The predicted molar refractivity (Wildman–Crippen MR) is 77.2 cm³/mol. The molecule has 0 saturated heterocycles. The van der Waals surface area contributed by atoms with Crippen LogP contribution >= 0.6 is 15.9 Å². The topological polar surface area (TPSA) is 49.3 Å². The van der Waals surface area contributed by atoms with Crippen LogP contribution in [0, 0.1) is 5.41 Å². The van der Waals surface area contributed by atoms with E-state index in [-0.39, 0.29) is 17.1 Å². The Bertz CT molecular complexity index is 377. The maximum Gasteiger partial charge on any atom is 0.251 e. The first-order chi connectivity index (χ1) is 8.56. The van der Waals surface area contributed by atoms with Crippen molar-refractivity contribution in [1.29, 1.82) is 0 Å². The summed E-state index contributed by atoms with van der Waals surface area (Å²) in [6.45, 7) is 4.93. The molecule has 0 aliphatic heterocycles. The fourth-order valence-electron chi connectivity index (χ4n) is 1.72. The maximum atomic E-state index is 11.9. The molecule has 0 aliphatic carbocycles. The molecule has 4 heteroatoms. The van der Waals surface area contributed by atoms with Gasteiger partial charge in [-0.2, -0.15) is 0 Å². The van der Waals surface area contributed by atoms with E-state index in [1.807, 2.05) is 0 Å². The number of halogens is 1. The van der Waals surface area contributed by atoms with E-state index in [0.29, 0.717) is 12.1 Å². The first kappa shape index (κ1) is 15.0. The summed E-state index contributed by atoms with van der Waals surface area (Å²) in [5, 5.41) is 13.0. The van der Waals surface area contributed by atoms with E-state index in [0.717, 1.165) is 18.2 Å². The third-order valence-corrected chi connectivity index (χ3v) is 4.73. The van der Waals surface area contributed by atoms with Crippen molar-refractivity contribution in [3.63, 3.8) is 0 Å². The van der Waals surface area contributed by atoms with Gasteiger partial charge in [-0.05, 0) is 42.5 Å². The monoisotopic (exact) mass is 313 g/mol.